The highest BCUT2D eigenvalue weighted by molar-refractivity contribution is 5.90. The average molecular weight is 386 g/mol. The van der Waals surface area contributed by atoms with Crippen molar-refractivity contribution in [2.75, 3.05) is 26.7 Å². The summed E-state index contributed by atoms with van der Waals surface area (Å²) in [4.78, 5) is 29.6. The first-order valence-electron chi connectivity index (χ1n) is 10.5. The highest BCUT2D eigenvalue weighted by Gasteiger charge is 2.55. The van der Waals surface area contributed by atoms with E-state index >= 15 is 0 Å². The van der Waals surface area contributed by atoms with Crippen molar-refractivity contribution >= 4 is 11.8 Å². The average Bonchev–Trinajstić information content (AvgIpc) is 3.27. The molecule has 0 bridgehead atoms. The van der Waals surface area contributed by atoms with Gasteiger partial charge in [-0.3, -0.25) is 19.7 Å². The first kappa shape index (κ1) is 19.4. The quantitative estimate of drug-likeness (QED) is 0.601. The van der Waals surface area contributed by atoms with Gasteiger partial charge in [0.05, 0.1) is 5.92 Å². The summed E-state index contributed by atoms with van der Waals surface area (Å²) in [5.74, 6) is -0.329. The minimum Gasteiger partial charge on any atom is -0.341 e. The molecule has 2 amide bonds. The molecular weight excluding hydrogens is 354 g/mol. The Bertz CT molecular complexity index is 719. The molecule has 152 valence electrons. The number of rotatable bonds is 5. The number of hydroxylamine groups is 1. The van der Waals surface area contributed by atoms with Gasteiger partial charge in [0.2, 0.25) is 11.8 Å². The summed E-state index contributed by atoms with van der Waals surface area (Å²) in [6.07, 6.45) is 6.06. The predicted octanol–water partition coefficient (Wildman–Crippen LogP) is 2.07. The van der Waals surface area contributed by atoms with Gasteiger partial charge in [-0.05, 0) is 62.5 Å². The largest absolute Gasteiger partial charge is 0.341 e. The molecule has 6 heteroatoms. The van der Waals surface area contributed by atoms with Crippen molar-refractivity contribution in [2.24, 2.45) is 17.3 Å². The normalized spacial score (nSPS) is 29.1. The second-order valence-electron chi connectivity index (χ2n) is 9.11. The summed E-state index contributed by atoms with van der Waals surface area (Å²) < 4.78 is 0. The molecule has 2 heterocycles. The number of nitrogens with one attached hydrogen (secondary N) is 1. The van der Waals surface area contributed by atoms with Crippen LogP contribution in [0.3, 0.4) is 0 Å². The first-order chi connectivity index (χ1) is 13.5. The molecule has 3 fully saturated rings. The van der Waals surface area contributed by atoms with E-state index < -0.39 is 17.9 Å². The molecule has 3 atom stereocenters. The Morgan fingerprint density at radius 1 is 1.25 bits per heavy atom. The Kier molecular flexibility index (Phi) is 5.43. The third kappa shape index (κ3) is 3.94. The zero-order valence-electron chi connectivity index (χ0n) is 16.6. The fraction of sp³-hybridized carbons (Fsp3) is 0.636. The maximum absolute atomic E-state index is 13.3. The minimum atomic E-state index is -0.470. The molecule has 0 radical (unpaired) electrons. The van der Waals surface area contributed by atoms with Gasteiger partial charge in [-0.25, -0.2) is 5.48 Å². The summed E-state index contributed by atoms with van der Waals surface area (Å²) in [7, 11) is 1.95. The second-order valence-corrected chi connectivity index (χ2v) is 9.11. The van der Waals surface area contributed by atoms with Gasteiger partial charge < -0.3 is 4.90 Å². The molecule has 3 unspecified atom stereocenters. The molecule has 3 aliphatic rings. The molecular formula is C22H31N3O3. The fourth-order valence-electron chi connectivity index (χ4n) is 5.27. The number of likely N-dealkylation sites (tertiary alicyclic amines) is 2. The van der Waals surface area contributed by atoms with Crippen molar-refractivity contribution in [2.45, 2.75) is 44.6 Å². The molecule has 6 nitrogen and oxygen atoms in total. The van der Waals surface area contributed by atoms with Crippen LogP contribution in [0.25, 0.3) is 0 Å². The van der Waals surface area contributed by atoms with Gasteiger partial charge in [-0.2, -0.15) is 0 Å². The standard InChI is InChI=1S/C22H31N3O3/c1-24-15-22(10-11-22)13-18(20(26)23-28)19(24)21(27)25-12-9-17(14-25)8-7-16-5-3-2-4-6-16/h2-6,17-19,28H,7-15H2,1H3,(H,23,26). The van der Waals surface area contributed by atoms with Crippen LogP contribution in [-0.4, -0.2) is 59.5 Å². The van der Waals surface area contributed by atoms with E-state index in [-0.39, 0.29) is 11.3 Å². The van der Waals surface area contributed by atoms with Gasteiger partial charge in [-0.15, -0.1) is 0 Å². The van der Waals surface area contributed by atoms with Gasteiger partial charge >= 0.3 is 0 Å². The number of benzene rings is 1. The maximum Gasteiger partial charge on any atom is 0.248 e. The lowest BCUT2D eigenvalue weighted by atomic mass is 9.80. The summed E-state index contributed by atoms with van der Waals surface area (Å²) in [5, 5.41) is 9.21. The number of nitrogens with zero attached hydrogens (tertiary/aromatic N) is 2. The van der Waals surface area contributed by atoms with Crippen LogP contribution < -0.4 is 5.48 Å². The van der Waals surface area contributed by atoms with Crippen molar-refractivity contribution in [3.63, 3.8) is 0 Å². The smallest absolute Gasteiger partial charge is 0.248 e. The molecule has 1 aliphatic carbocycles. The van der Waals surface area contributed by atoms with Crippen LogP contribution >= 0.6 is 0 Å². The molecule has 2 saturated heterocycles. The van der Waals surface area contributed by atoms with Crippen molar-refractivity contribution in [3.05, 3.63) is 35.9 Å². The first-order valence-corrected chi connectivity index (χ1v) is 10.5. The Morgan fingerprint density at radius 3 is 2.68 bits per heavy atom. The summed E-state index contributed by atoms with van der Waals surface area (Å²) >= 11 is 0. The van der Waals surface area contributed by atoms with Crippen molar-refractivity contribution in [1.82, 2.24) is 15.3 Å². The van der Waals surface area contributed by atoms with Crippen LogP contribution in [0.1, 0.15) is 37.7 Å². The van der Waals surface area contributed by atoms with E-state index in [4.69, 9.17) is 0 Å². The van der Waals surface area contributed by atoms with E-state index in [2.05, 4.69) is 29.2 Å². The van der Waals surface area contributed by atoms with Crippen molar-refractivity contribution in [1.29, 1.82) is 0 Å². The number of carbonyl (C=O) groups is 2. The molecule has 1 saturated carbocycles. The van der Waals surface area contributed by atoms with E-state index in [0.29, 0.717) is 12.3 Å². The van der Waals surface area contributed by atoms with Crippen LogP contribution in [0, 0.1) is 17.3 Å². The molecule has 0 aromatic heterocycles. The number of likely N-dealkylation sites (N-methyl/N-ethyl adjacent to an activating group) is 1. The van der Waals surface area contributed by atoms with E-state index in [1.54, 1.807) is 0 Å². The number of carbonyl (C=O) groups excluding carboxylic acids is 2. The van der Waals surface area contributed by atoms with Crippen molar-refractivity contribution < 1.29 is 14.8 Å². The third-order valence-corrected chi connectivity index (χ3v) is 7.03. The topological polar surface area (TPSA) is 72.9 Å². The number of hydrogen-bond donors (Lipinski definition) is 2. The Morgan fingerprint density at radius 2 is 2.00 bits per heavy atom. The molecule has 2 N–H and O–H groups in total. The maximum atomic E-state index is 13.3. The summed E-state index contributed by atoms with van der Waals surface area (Å²) in [6.45, 7) is 2.40. The van der Waals surface area contributed by atoms with E-state index in [0.717, 1.165) is 51.7 Å². The van der Waals surface area contributed by atoms with E-state index in [1.165, 1.54) is 5.56 Å². The molecule has 1 aromatic rings. The minimum absolute atomic E-state index is 0.0498. The van der Waals surface area contributed by atoms with Crippen LogP contribution in [0.2, 0.25) is 0 Å². The second kappa shape index (κ2) is 7.84. The van der Waals surface area contributed by atoms with Crippen LogP contribution in [0.15, 0.2) is 30.3 Å². The van der Waals surface area contributed by atoms with Gasteiger partial charge in [0.1, 0.15) is 6.04 Å². The Balaban J connectivity index is 1.38. The van der Waals surface area contributed by atoms with Crippen molar-refractivity contribution in [3.8, 4) is 0 Å². The Labute approximate surface area is 166 Å². The predicted molar refractivity (Wildman–Crippen MR) is 106 cm³/mol. The lowest BCUT2D eigenvalue weighted by Crippen LogP contribution is -2.59. The lowest BCUT2D eigenvalue weighted by molar-refractivity contribution is -0.150. The Hall–Kier alpha value is -1.92. The highest BCUT2D eigenvalue weighted by Crippen LogP contribution is 2.54. The molecule has 2 aliphatic heterocycles. The van der Waals surface area contributed by atoms with Gasteiger partial charge in [0.15, 0.2) is 0 Å². The molecule has 1 aromatic carbocycles. The number of hydrogen-bond acceptors (Lipinski definition) is 4. The lowest BCUT2D eigenvalue weighted by Gasteiger charge is -2.42. The zero-order valence-corrected chi connectivity index (χ0v) is 16.6. The molecule has 28 heavy (non-hydrogen) atoms. The van der Waals surface area contributed by atoms with Crippen LogP contribution in [-0.2, 0) is 16.0 Å². The summed E-state index contributed by atoms with van der Waals surface area (Å²) in [5.41, 5.74) is 3.32. The van der Waals surface area contributed by atoms with Gasteiger partial charge in [0, 0.05) is 19.6 Å². The third-order valence-electron chi connectivity index (χ3n) is 7.03. The summed E-state index contributed by atoms with van der Waals surface area (Å²) in [6, 6.07) is 10.0. The van der Waals surface area contributed by atoms with Crippen LogP contribution in [0.4, 0.5) is 0 Å². The monoisotopic (exact) mass is 385 g/mol. The highest BCUT2D eigenvalue weighted by atomic mass is 16.5. The molecule has 4 rings (SSSR count). The fourth-order valence-corrected chi connectivity index (χ4v) is 5.27. The van der Waals surface area contributed by atoms with E-state index in [9.17, 15) is 14.8 Å². The van der Waals surface area contributed by atoms with Gasteiger partial charge in [-0.1, -0.05) is 30.3 Å². The van der Waals surface area contributed by atoms with Gasteiger partial charge in [0.25, 0.3) is 0 Å². The van der Waals surface area contributed by atoms with E-state index in [1.807, 2.05) is 23.5 Å². The number of amides is 2. The number of aryl methyl sites for hydroxylation is 1. The zero-order chi connectivity index (χ0) is 19.7. The number of piperidine rings is 1. The SMILES string of the molecule is CN1CC2(CC2)CC(C(=O)NO)C1C(=O)N1CCC(CCc2ccccc2)C1. The van der Waals surface area contributed by atoms with Crippen LogP contribution in [0.5, 0.6) is 0 Å². The molecule has 1 spiro atoms.